The molecule has 1 amide bonds. The van der Waals surface area contributed by atoms with Crippen LogP contribution < -0.4 is 15.8 Å². The molecule has 94 valence electrons. The molecule has 0 aliphatic rings. The lowest BCUT2D eigenvalue weighted by atomic mass is 10.0. The van der Waals surface area contributed by atoms with E-state index in [1.165, 1.54) is 0 Å². The smallest absolute Gasteiger partial charge is 0.241 e. The molecule has 0 fully saturated rings. The van der Waals surface area contributed by atoms with E-state index in [9.17, 15) is 4.79 Å². The molecule has 0 radical (unpaired) electrons. The van der Waals surface area contributed by atoms with Gasteiger partial charge in [0.1, 0.15) is 5.75 Å². The van der Waals surface area contributed by atoms with Gasteiger partial charge in [0.25, 0.3) is 0 Å². The molecule has 17 heavy (non-hydrogen) atoms. The molecule has 0 saturated heterocycles. The predicted octanol–water partition coefficient (Wildman–Crippen LogP) is 1.93. The van der Waals surface area contributed by atoms with Gasteiger partial charge >= 0.3 is 0 Å². The Balaban J connectivity index is 2.87. The van der Waals surface area contributed by atoms with Gasteiger partial charge in [0.15, 0.2) is 0 Å². The summed E-state index contributed by atoms with van der Waals surface area (Å²) in [6.45, 7) is 5.78. The minimum Gasteiger partial charge on any atom is -0.495 e. The molecule has 1 aromatic carbocycles. The number of aryl methyl sites for hydroxylation is 1. The van der Waals surface area contributed by atoms with Crippen molar-refractivity contribution < 1.29 is 9.53 Å². The third kappa shape index (κ3) is 3.46. The zero-order chi connectivity index (χ0) is 13.0. The maximum absolute atomic E-state index is 11.8. The summed E-state index contributed by atoms with van der Waals surface area (Å²) in [7, 11) is 1.57. The number of carbonyl (C=O) groups excluding carboxylic acids is 1. The van der Waals surface area contributed by atoms with Gasteiger partial charge in [-0.25, -0.2) is 0 Å². The average molecular weight is 236 g/mol. The summed E-state index contributed by atoms with van der Waals surface area (Å²) in [5.41, 5.74) is 7.50. The Hall–Kier alpha value is -1.55. The second kappa shape index (κ2) is 5.68. The van der Waals surface area contributed by atoms with Crippen molar-refractivity contribution in [3.05, 3.63) is 23.8 Å². The first-order valence-electron chi connectivity index (χ1n) is 5.66. The highest BCUT2D eigenvalue weighted by Crippen LogP contribution is 2.25. The zero-order valence-electron chi connectivity index (χ0n) is 10.8. The minimum absolute atomic E-state index is 0.103. The summed E-state index contributed by atoms with van der Waals surface area (Å²) in [4.78, 5) is 11.8. The van der Waals surface area contributed by atoms with Crippen molar-refractivity contribution >= 4 is 11.6 Å². The number of nitrogens with two attached hydrogens (primary N) is 1. The van der Waals surface area contributed by atoms with Gasteiger partial charge in [-0.05, 0) is 30.5 Å². The van der Waals surface area contributed by atoms with Crippen LogP contribution in [0.5, 0.6) is 5.75 Å². The van der Waals surface area contributed by atoms with Gasteiger partial charge in [0.05, 0.1) is 18.8 Å². The number of rotatable bonds is 4. The molecule has 1 aromatic rings. The van der Waals surface area contributed by atoms with Gasteiger partial charge < -0.3 is 15.8 Å². The van der Waals surface area contributed by atoms with Crippen LogP contribution in [0.25, 0.3) is 0 Å². The van der Waals surface area contributed by atoms with E-state index < -0.39 is 6.04 Å². The van der Waals surface area contributed by atoms with Crippen LogP contribution in [-0.4, -0.2) is 19.1 Å². The number of benzene rings is 1. The lowest BCUT2D eigenvalue weighted by Crippen LogP contribution is -2.39. The second-order valence-corrected chi connectivity index (χ2v) is 4.46. The van der Waals surface area contributed by atoms with Crippen molar-refractivity contribution in [3.63, 3.8) is 0 Å². The lowest BCUT2D eigenvalue weighted by molar-refractivity contribution is -0.118. The molecule has 0 heterocycles. The normalized spacial score (nSPS) is 12.4. The first-order chi connectivity index (χ1) is 7.95. The van der Waals surface area contributed by atoms with Gasteiger partial charge in [-0.3, -0.25) is 4.79 Å². The van der Waals surface area contributed by atoms with Crippen LogP contribution in [0.15, 0.2) is 18.2 Å². The Morgan fingerprint density at radius 3 is 2.59 bits per heavy atom. The summed E-state index contributed by atoms with van der Waals surface area (Å²) in [6, 6.07) is 5.10. The number of hydrogen-bond donors (Lipinski definition) is 2. The second-order valence-electron chi connectivity index (χ2n) is 4.46. The molecular weight excluding hydrogens is 216 g/mol. The summed E-state index contributed by atoms with van der Waals surface area (Å²) < 4.78 is 5.19. The van der Waals surface area contributed by atoms with E-state index in [1.807, 2.05) is 39.0 Å². The van der Waals surface area contributed by atoms with Crippen molar-refractivity contribution in [1.29, 1.82) is 0 Å². The molecule has 0 aromatic heterocycles. The van der Waals surface area contributed by atoms with E-state index in [-0.39, 0.29) is 11.8 Å². The van der Waals surface area contributed by atoms with Crippen LogP contribution in [0.2, 0.25) is 0 Å². The molecule has 0 aliphatic carbocycles. The molecule has 4 nitrogen and oxygen atoms in total. The van der Waals surface area contributed by atoms with E-state index in [0.29, 0.717) is 11.4 Å². The average Bonchev–Trinajstić information content (AvgIpc) is 2.28. The molecule has 3 N–H and O–H groups in total. The maximum Gasteiger partial charge on any atom is 0.241 e. The molecule has 4 heteroatoms. The monoisotopic (exact) mass is 236 g/mol. The third-order valence-corrected chi connectivity index (χ3v) is 2.63. The molecule has 0 unspecified atom stereocenters. The molecule has 0 saturated carbocycles. The van der Waals surface area contributed by atoms with Gasteiger partial charge in [0.2, 0.25) is 5.91 Å². The van der Waals surface area contributed by atoms with E-state index in [1.54, 1.807) is 7.11 Å². The molecular formula is C13H20N2O2. The molecule has 1 rings (SSSR count). The fourth-order valence-corrected chi connectivity index (χ4v) is 1.44. The lowest BCUT2D eigenvalue weighted by Gasteiger charge is -2.17. The van der Waals surface area contributed by atoms with Crippen LogP contribution in [-0.2, 0) is 4.79 Å². The molecule has 1 atom stereocenters. The van der Waals surface area contributed by atoms with E-state index in [2.05, 4.69) is 5.32 Å². The first-order valence-corrected chi connectivity index (χ1v) is 5.66. The van der Waals surface area contributed by atoms with Crippen LogP contribution >= 0.6 is 0 Å². The Bertz CT molecular complexity index is 402. The minimum atomic E-state index is -0.514. The Kier molecular flexibility index (Phi) is 4.52. The van der Waals surface area contributed by atoms with Crippen LogP contribution in [0.1, 0.15) is 19.4 Å². The fraction of sp³-hybridized carbons (Fsp3) is 0.462. The van der Waals surface area contributed by atoms with E-state index in [4.69, 9.17) is 10.5 Å². The zero-order valence-corrected chi connectivity index (χ0v) is 10.8. The number of methoxy groups -OCH3 is 1. The van der Waals surface area contributed by atoms with Crippen LogP contribution in [0, 0.1) is 12.8 Å². The van der Waals surface area contributed by atoms with Gasteiger partial charge in [-0.15, -0.1) is 0 Å². The van der Waals surface area contributed by atoms with Crippen LogP contribution in [0.4, 0.5) is 5.69 Å². The van der Waals surface area contributed by atoms with Crippen molar-refractivity contribution in [3.8, 4) is 5.75 Å². The quantitative estimate of drug-likeness (QED) is 0.839. The topological polar surface area (TPSA) is 64.3 Å². The number of ether oxygens (including phenoxy) is 1. The summed E-state index contributed by atoms with van der Waals surface area (Å²) in [5, 5.41) is 2.79. The predicted molar refractivity (Wildman–Crippen MR) is 69.2 cm³/mol. The number of anilines is 1. The number of carbonyl (C=O) groups is 1. The van der Waals surface area contributed by atoms with Crippen molar-refractivity contribution in [2.24, 2.45) is 11.7 Å². The summed E-state index contributed by atoms with van der Waals surface area (Å²) in [6.07, 6.45) is 0. The molecule has 0 aliphatic heterocycles. The molecule has 0 spiro atoms. The standard InChI is InChI=1S/C13H20N2O2/c1-8(2)12(14)13(16)15-10-7-9(3)5-6-11(10)17-4/h5-8,12H,14H2,1-4H3,(H,15,16)/t12-/m0/s1. The van der Waals surface area contributed by atoms with Crippen molar-refractivity contribution in [1.82, 2.24) is 0 Å². The summed E-state index contributed by atoms with van der Waals surface area (Å²) >= 11 is 0. The Morgan fingerprint density at radius 2 is 2.06 bits per heavy atom. The van der Waals surface area contributed by atoms with E-state index >= 15 is 0 Å². The van der Waals surface area contributed by atoms with Gasteiger partial charge in [0, 0.05) is 0 Å². The van der Waals surface area contributed by atoms with Crippen molar-refractivity contribution in [2.75, 3.05) is 12.4 Å². The molecule has 0 bridgehead atoms. The highest BCUT2D eigenvalue weighted by Gasteiger charge is 2.18. The number of nitrogens with one attached hydrogen (secondary N) is 1. The SMILES string of the molecule is COc1ccc(C)cc1NC(=O)[C@@H](N)C(C)C. The van der Waals surface area contributed by atoms with Gasteiger partial charge in [-0.2, -0.15) is 0 Å². The number of amides is 1. The fourth-order valence-electron chi connectivity index (χ4n) is 1.44. The third-order valence-electron chi connectivity index (χ3n) is 2.63. The highest BCUT2D eigenvalue weighted by atomic mass is 16.5. The summed E-state index contributed by atoms with van der Waals surface area (Å²) in [5.74, 6) is 0.551. The largest absolute Gasteiger partial charge is 0.495 e. The Morgan fingerprint density at radius 1 is 1.41 bits per heavy atom. The number of hydrogen-bond acceptors (Lipinski definition) is 3. The first kappa shape index (κ1) is 13.5. The Labute approximate surface area is 102 Å². The highest BCUT2D eigenvalue weighted by molar-refractivity contribution is 5.96. The van der Waals surface area contributed by atoms with Crippen LogP contribution in [0.3, 0.4) is 0 Å². The van der Waals surface area contributed by atoms with E-state index in [0.717, 1.165) is 5.56 Å². The van der Waals surface area contributed by atoms with Gasteiger partial charge in [-0.1, -0.05) is 19.9 Å². The van der Waals surface area contributed by atoms with Crippen molar-refractivity contribution in [2.45, 2.75) is 26.8 Å². The maximum atomic E-state index is 11.8.